The lowest BCUT2D eigenvalue weighted by Gasteiger charge is -2.05. The molecule has 0 aromatic rings. The molecule has 1 saturated carbocycles. The lowest BCUT2D eigenvalue weighted by atomic mass is 10.0. The third-order valence-electron chi connectivity index (χ3n) is 2.62. The Kier molecular flexibility index (Phi) is 2.53. The second kappa shape index (κ2) is 3.23. The van der Waals surface area contributed by atoms with Gasteiger partial charge in [0.15, 0.2) is 0 Å². The Balaban J connectivity index is 0.000000231. The second-order valence-corrected chi connectivity index (χ2v) is 3.18. The molecular weight excluding hydrogens is 120 g/mol. The van der Waals surface area contributed by atoms with E-state index in [1.165, 1.54) is 19.3 Å². The Morgan fingerprint density at radius 2 is 2.00 bits per heavy atom. The van der Waals surface area contributed by atoms with Crippen molar-refractivity contribution in [3.05, 3.63) is 11.6 Å². The van der Waals surface area contributed by atoms with Crippen molar-refractivity contribution in [2.45, 2.75) is 40.0 Å². The third-order valence-corrected chi connectivity index (χ3v) is 2.62. The molecule has 0 aromatic heterocycles. The van der Waals surface area contributed by atoms with Crippen molar-refractivity contribution in [1.82, 2.24) is 0 Å². The zero-order valence-electron chi connectivity index (χ0n) is 7.35. The van der Waals surface area contributed by atoms with Crippen molar-refractivity contribution < 1.29 is 0 Å². The van der Waals surface area contributed by atoms with E-state index in [1.807, 2.05) is 13.8 Å². The molecule has 0 aliphatic heterocycles. The first-order valence-electron chi connectivity index (χ1n) is 4.54. The van der Waals surface area contributed by atoms with Gasteiger partial charge < -0.3 is 0 Å². The standard InChI is InChI=1S/C8H12.C2H6/c1-6-4-7-2-3-8(6)5-7;1-2/h4,7-8H,2-3,5H2,1H3;1-2H3. The summed E-state index contributed by atoms with van der Waals surface area (Å²) in [5.41, 5.74) is 1.67. The fourth-order valence-electron chi connectivity index (χ4n) is 2.09. The monoisotopic (exact) mass is 138 g/mol. The van der Waals surface area contributed by atoms with Crippen LogP contribution in [-0.4, -0.2) is 0 Å². The lowest BCUT2D eigenvalue weighted by molar-refractivity contribution is 0.657. The highest BCUT2D eigenvalue weighted by Crippen LogP contribution is 2.42. The zero-order valence-corrected chi connectivity index (χ0v) is 7.35. The maximum atomic E-state index is 2.47. The average Bonchev–Trinajstić information content (AvgIpc) is 2.52. The molecule has 10 heavy (non-hydrogen) atoms. The van der Waals surface area contributed by atoms with E-state index >= 15 is 0 Å². The zero-order chi connectivity index (χ0) is 7.56. The van der Waals surface area contributed by atoms with Crippen LogP contribution in [0.3, 0.4) is 0 Å². The van der Waals surface area contributed by atoms with Crippen molar-refractivity contribution in [3.63, 3.8) is 0 Å². The van der Waals surface area contributed by atoms with Gasteiger partial charge in [0.1, 0.15) is 0 Å². The first-order valence-corrected chi connectivity index (χ1v) is 4.54. The van der Waals surface area contributed by atoms with Crippen LogP contribution in [0.2, 0.25) is 0 Å². The molecule has 2 aliphatic carbocycles. The van der Waals surface area contributed by atoms with E-state index in [0.717, 1.165) is 11.8 Å². The van der Waals surface area contributed by atoms with Gasteiger partial charge in [-0.1, -0.05) is 25.5 Å². The number of allylic oxidation sites excluding steroid dienone is 2. The van der Waals surface area contributed by atoms with Gasteiger partial charge in [-0.05, 0) is 38.0 Å². The molecule has 2 rings (SSSR count). The van der Waals surface area contributed by atoms with Crippen LogP contribution in [0.1, 0.15) is 40.0 Å². The minimum atomic E-state index is 0.986. The summed E-state index contributed by atoms with van der Waals surface area (Å²) >= 11 is 0. The van der Waals surface area contributed by atoms with Crippen molar-refractivity contribution in [2.24, 2.45) is 11.8 Å². The maximum absolute atomic E-state index is 2.47. The van der Waals surface area contributed by atoms with E-state index in [0.29, 0.717) is 0 Å². The molecule has 2 unspecified atom stereocenters. The molecule has 2 bridgehead atoms. The molecule has 0 nitrogen and oxygen atoms in total. The average molecular weight is 138 g/mol. The maximum Gasteiger partial charge on any atom is -0.0200 e. The Bertz CT molecular complexity index is 133. The van der Waals surface area contributed by atoms with Crippen LogP contribution in [0, 0.1) is 11.8 Å². The van der Waals surface area contributed by atoms with Crippen LogP contribution < -0.4 is 0 Å². The smallest absolute Gasteiger partial charge is 0.0200 e. The summed E-state index contributed by atoms with van der Waals surface area (Å²) in [5.74, 6) is 1.99. The Morgan fingerprint density at radius 3 is 2.20 bits per heavy atom. The second-order valence-electron chi connectivity index (χ2n) is 3.18. The van der Waals surface area contributed by atoms with Gasteiger partial charge in [-0.3, -0.25) is 0 Å². The van der Waals surface area contributed by atoms with Crippen molar-refractivity contribution >= 4 is 0 Å². The van der Waals surface area contributed by atoms with Gasteiger partial charge in [0.25, 0.3) is 0 Å². The van der Waals surface area contributed by atoms with Crippen LogP contribution in [0.25, 0.3) is 0 Å². The quantitative estimate of drug-likeness (QED) is 0.450. The molecule has 0 N–H and O–H groups in total. The topological polar surface area (TPSA) is 0 Å². The largest absolute Gasteiger partial charge is 0.0822 e. The molecular formula is C10H18. The first-order chi connectivity index (χ1) is 4.86. The summed E-state index contributed by atoms with van der Waals surface area (Å²) in [6, 6.07) is 0. The molecule has 2 atom stereocenters. The van der Waals surface area contributed by atoms with E-state index in [-0.39, 0.29) is 0 Å². The molecule has 0 amide bonds. The number of rotatable bonds is 0. The third kappa shape index (κ3) is 1.25. The highest BCUT2D eigenvalue weighted by Gasteiger charge is 2.29. The summed E-state index contributed by atoms with van der Waals surface area (Å²) < 4.78 is 0. The number of hydrogen-bond donors (Lipinski definition) is 0. The first kappa shape index (κ1) is 7.84. The molecule has 58 valence electrons. The van der Waals surface area contributed by atoms with E-state index in [9.17, 15) is 0 Å². The van der Waals surface area contributed by atoms with Gasteiger partial charge >= 0.3 is 0 Å². The SMILES string of the molecule is CC.CC1=CC2CCC1C2. The lowest BCUT2D eigenvalue weighted by Crippen LogP contribution is -1.91. The van der Waals surface area contributed by atoms with Gasteiger partial charge in [0.2, 0.25) is 0 Å². The Labute approximate surface area is 64.3 Å². The number of fused-ring (bicyclic) bond motifs is 2. The fraction of sp³-hybridized carbons (Fsp3) is 0.800. The molecule has 0 saturated heterocycles. The minimum Gasteiger partial charge on any atom is -0.0822 e. The van der Waals surface area contributed by atoms with Gasteiger partial charge in [0, 0.05) is 0 Å². The summed E-state index contributed by atoms with van der Waals surface area (Å²) in [4.78, 5) is 0. The van der Waals surface area contributed by atoms with Crippen LogP contribution in [-0.2, 0) is 0 Å². The van der Waals surface area contributed by atoms with E-state index < -0.39 is 0 Å². The van der Waals surface area contributed by atoms with Gasteiger partial charge in [-0.25, -0.2) is 0 Å². The number of hydrogen-bond acceptors (Lipinski definition) is 0. The van der Waals surface area contributed by atoms with Crippen LogP contribution in [0.15, 0.2) is 11.6 Å². The highest BCUT2D eigenvalue weighted by atomic mass is 14.3. The molecule has 2 aliphatic rings. The van der Waals surface area contributed by atoms with Crippen LogP contribution >= 0.6 is 0 Å². The summed E-state index contributed by atoms with van der Waals surface area (Å²) in [7, 11) is 0. The van der Waals surface area contributed by atoms with Gasteiger partial charge in [-0.2, -0.15) is 0 Å². The predicted octanol–water partition coefficient (Wildman–Crippen LogP) is 3.39. The molecule has 0 spiro atoms. The normalized spacial score (nSPS) is 34.9. The summed E-state index contributed by atoms with van der Waals surface area (Å²) in [6.45, 7) is 6.28. The Morgan fingerprint density at radius 1 is 1.30 bits per heavy atom. The van der Waals surface area contributed by atoms with E-state index in [4.69, 9.17) is 0 Å². The van der Waals surface area contributed by atoms with Crippen LogP contribution in [0.5, 0.6) is 0 Å². The molecule has 0 heterocycles. The van der Waals surface area contributed by atoms with E-state index in [1.54, 1.807) is 5.57 Å². The van der Waals surface area contributed by atoms with Gasteiger partial charge in [0.05, 0.1) is 0 Å². The predicted molar refractivity (Wildman–Crippen MR) is 45.9 cm³/mol. The Hall–Kier alpha value is -0.260. The molecule has 0 aromatic carbocycles. The summed E-state index contributed by atoms with van der Waals surface area (Å²) in [6.07, 6.45) is 6.90. The van der Waals surface area contributed by atoms with Crippen molar-refractivity contribution in [2.75, 3.05) is 0 Å². The van der Waals surface area contributed by atoms with Crippen molar-refractivity contribution in [1.29, 1.82) is 0 Å². The summed E-state index contributed by atoms with van der Waals surface area (Å²) in [5, 5.41) is 0. The fourth-order valence-corrected chi connectivity index (χ4v) is 2.09. The van der Waals surface area contributed by atoms with Crippen molar-refractivity contribution in [3.8, 4) is 0 Å². The van der Waals surface area contributed by atoms with E-state index in [2.05, 4.69) is 13.0 Å². The highest BCUT2D eigenvalue weighted by molar-refractivity contribution is 5.16. The molecule has 0 heteroatoms. The van der Waals surface area contributed by atoms with Crippen LogP contribution in [0.4, 0.5) is 0 Å². The minimum absolute atomic E-state index is 0.986. The van der Waals surface area contributed by atoms with Gasteiger partial charge in [-0.15, -0.1) is 0 Å². The molecule has 0 radical (unpaired) electrons. The molecule has 1 fully saturated rings.